The lowest BCUT2D eigenvalue weighted by Crippen LogP contribution is -2.32. The molecule has 0 aromatic heterocycles. The quantitative estimate of drug-likeness (QED) is 0.502. The van der Waals surface area contributed by atoms with Crippen LogP contribution in [0.5, 0.6) is 0 Å². The van der Waals surface area contributed by atoms with E-state index >= 15 is 0 Å². The molecule has 1 saturated carbocycles. The molecule has 2 unspecified atom stereocenters. The number of rotatable bonds is 3. The third-order valence-corrected chi connectivity index (χ3v) is 3.48. The van der Waals surface area contributed by atoms with Crippen molar-refractivity contribution in [2.24, 2.45) is 0 Å². The summed E-state index contributed by atoms with van der Waals surface area (Å²) in [6, 6.07) is 3.05. The first-order chi connectivity index (χ1) is 9.08. The van der Waals surface area contributed by atoms with E-state index < -0.39 is 16.8 Å². The first-order valence-corrected chi connectivity index (χ1v) is 6.46. The van der Waals surface area contributed by atoms with Crippen LogP contribution < -0.4 is 5.32 Å². The molecule has 6 heteroatoms. The highest BCUT2D eigenvalue weighted by Crippen LogP contribution is 2.28. The molecule has 2 atom stereocenters. The summed E-state index contributed by atoms with van der Waals surface area (Å²) in [5.74, 6) is -0.531. The number of hydrogen-bond acceptors (Lipinski definition) is 4. The van der Waals surface area contributed by atoms with Crippen LogP contribution in [0, 0.1) is 15.9 Å². The molecule has 0 aliphatic heterocycles. The topological polar surface area (TPSA) is 75.4 Å². The van der Waals surface area contributed by atoms with Gasteiger partial charge in [-0.25, -0.2) is 4.39 Å². The van der Waals surface area contributed by atoms with Gasteiger partial charge in [-0.3, -0.25) is 10.1 Å². The Balaban J connectivity index is 2.21. The minimum Gasteiger partial charge on any atom is -0.391 e. The van der Waals surface area contributed by atoms with Gasteiger partial charge in [0.1, 0.15) is 11.5 Å². The molecule has 2 rings (SSSR count). The van der Waals surface area contributed by atoms with Crippen LogP contribution in [0.1, 0.15) is 32.1 Å². The Kier molecular flexibility index (Phi) is 4.31. The fourth-order valence-corrected chi connectivity index (χ4v) is 2.44. The normalized spacial score (nSPS) is 23.7. The molecule has 5 nitrogen and oxygen atoms in total. The molecular formula is C13H17FN2O3. The van der Waals surface area contributed by atoms with E-state index in [2.05, 4.69) is 5.32 Å². The Morgan fingerprint density at radius 3 is 2.79 bits per heavy atom. The minimum atomic E-state index is -0.551. The fourth-order valence-electron chi connectivity index (χ4n) is 2.44. The van der Waals surface area contributed by atoms with Crippen LogP contribution in [0.15, 0.2) is 18.2 Å². The van der Waals surface area contributed by atoms with Crippen LogP contribution in [0.2, 0.25) is 0 Å². The number of nitro benzene ring substituents is 1. The molecule has 0 heterocycles. The fraction of sp³-hybridized carbons (Fsp3) is 0.538. The van der Waals surface area contributed by atoms with Gasteiger partial charge >= 0.3 is 0 Å². The molecular weight excluding hydrogens is 251 g/mol. The SMILES string of the molecule is O=[N+]([O-])c1ccc(F)cc1NC1CCCCCC1O. The summed E-state index contributed by atoms with van der Waals surface area (Å²) in [4.78, 5) is 10.4. The number of nitro groups is 1. The highest BCUT2D eigenvalue weighted by atomic mass is 19.1. The maximum Gasteiger partial charge on any atom is 0.292 e. The Hall–Kier alpha value is -1.69. The van der Waals surface area contributed by atoms with Gasteiger partial charge in [-0.15, -0.1) is 0 Å². The second-order valence-electron chi connectivity index (χ2n) is 4.87. The lowest BCUT2D eigenvalue weighted by Gasteiger charge is -2.22. The molecule has 1 aliphatic carbocycles. The summed E-state index contributed by atoms with van der Waals surface area (Å²) in [6.07, 6.45) is 3.80. The van der Waals surface area contributed by atoms with Gasteiger partial charge < -0.3 is 10.4 Å². The first kappa shape index (κ1) is 13.7. The van der Waals surface area contributed by atoms with E-state index in [1.54, 1.807) is 0 Å². The summed E-state index contributed by atoms with van der Waals surface area (Å²) >= 11 is 0. The molecule has 1 aromatic rings. The molecule has 0 amide bonds. The van der Waals surface area contributed by atoms with Gasteiger partial charge in [0.15, 0.2) is 0 Å². The van der Waals surface area contributed by atoms with Gasteiger partial charge in [-0.2, -0.15) is 0 Å². The lowest BCUT2D eigenvalue weighted by atomic mass is 10.1. The number of hydrogen-bond donors (Lipinski definition) is 2. The van der Waals surface area contributed by atoms with Crippen molar-refractivity contribution in [2.45, 2.75) is 44.2 Å². The zero-order chi connectivity index (χ0) is 13.8. The van der Waals surface area contributed by atoms with Crippen molar-refractivity contribution in [2.75, 3.05) is 5.32 Å². The second kappa shape index (κ2) is 5.97. The Morgan fingerprint density at radius 2 is 2.05 bits per heavy atom. The second-order valence-corrected chi connectivity index (χ2v) is 4.87. The van der Waals surface area contributed by atoms with Crippen molar-refractivity contribution in [1.29, 1.82) is 0 Å². The number of anilines is 1. The van der Waals surface area contributed by atoms with E-state index in [1.165, 1.54) is 0 Å². The van der Waals surface area contributed by atoms with Crippen LogP contribution in [-0.4, -0.2) is 22.2 Å². The highest BCUT2D eigenvalue weighted by Gasteiger charge is 2.24. The number of aliphatic hydroxyl groups is 1. The van der Waals surface area contributed by atoms with Crippen LogP contribution in [0.3, 0.4) is 0 Å². The van der Waals surface area contributed by atoms with E-state index in [1.807, 2.05) is 0 Å². The van der Waals surface area contributed by atoms with Crippen molar-refractivity contribution in [1.82, 2.24) is 0 Å². The largest absolute Gasteiger partial charge is 0.391 e. The third-order valence-electron chi connectivity index (χ3n) is 3.48. The average Bonchev–Trinajstić information content (AvgIpc) is 2.55. The van der Waals surface area contributed by atoms with Gasteiger partial charge in [0.25, 0.3) is 5.69 Å². The molecule has 2 N–H and O–H groups in total. The van der Waals surface area contributed by atoms with E-state index in [-0.39, 0.29) is 17.4 Å². The van der Waals surface area contributed by atoms with E-state index in [0.717, 1.165) is 43.9 Å². The summed E-state index contributed by atoms with van der Waals surface area (Å²) in [7, 11) is 0. The van der Waals surface area contributed by atoms with Crippen molar-refractivity contribution >= 4 is 11.4 Å². The Labute approximate surface area is 110 Å². The van der Waals surface area contributed by atoms with Crippen molar-refractivity contribution in [3.8, 4) is 0 Å². The lowest BCUT2D eigenvalue weighted by molar-refractivity contribution is -0.384. The molecule has 0 spiro atoms. The Morgan fingerprint density at radius 1 is 1.32 bits per heavy atom. The summed E-state index contributed by atoms with van der Waals surface area (Å²) in [5.41, 5.74) is -0.0335. The average molecular weight is 268 g/mol. The zero-order valence-electron chi connectivity index (χ0n) is 10.5. The number of aliphatic hydroxyl groups excluding tert-OH is 1. The van der Waals surface area contributed by atoms with Crippen LogP contribution in [0.4, 0.5) is 15.8 Å². The summed E-state index contributed by atoms with van der Waals surface area (Å²) < 4.78 is 13.2. The van der Waals surface area contributed by atoms with Crippen LogP contribution >= 0.6 is 0 Å². The third kappa shape index (κ3) is 3.41. The standard InChI is InChI=1S/C13H17FN2O3/c14-9-6-7-12(16(18)19)11(8-9)15-10-4-2-1-3-5-13(10)17/h6-8,10,13,15,17H,1-5H2. The van der Waals surface area contributed by atoms with Gasteiger partial charge in [0.05, 0.1) is 17.1 Å². The number of halogens is 1. The maximum atomic E-state index is 13.2. The zero-order valence-corrected chi connectivity index (χ0v) is 10.5. The van der Waals surface area contributed by atoms with Gasteiger partial charge in [0.2, 0.25) is 0 Å². The van der Waals surface area contributed by atoms with Crippen molar-refractivity contribution in [3.05, 3.63) is 34.1 Å². The molecule has 104 valence electrons. The summed E-state index contributed by atoms with van der Waals surface area (Å²) in [6.45, 7) is 0. The first-order valence-electron chi connectivity index (χ1n) is 6.46. The molecule has 1 aromatic carbocycles. The van der Waals surface area contributed by atoms with Crippen molar-refractivity contribution < 1.29 is 14.4 Å². The molecule has 1 fully saturated rings. The minimum absolute atomic E-state index is 0.135. The smallest absolute Gasteiger partial charge is 0.292 e. The molecule has 0 radical (unpaired) electrons. The van der Waals surface area contributed by atoms with E-state index in [0.29, 0.717) is 6.42 Å². The predicted molar refractivity (Wildman–Crippen MR) is 69.6 cm³/mol. The molecule has 1 aliphatic rings. The van der Waals surface area contributed by atoms with Gasteiger partial charge in [-0.05, 0) is 18.9 Å². The Bertz CT molecular complexity index is 467. The predicted octanol–water partition coefficient (Wildman–Crippen LogP) is 2.84. The number of nitrogens with one attached hydrogen (secondary N) is 1. The summed E-state index contributed by atoms with van der Waals surface area (Å²) in [5, 5.41) is 23.8. The number of benzene rings is 1. The van der Waals surface area contributed by atoms with E-state index in [4.69, 9.17) is 0 Å². The van der Waals surface area contributed by atoms with Crippen LogP contribution in [0.25, 0.3) is 0 Å². The highest BCUT2D eigenvalue weighted by molar-refractivity contribution is 5.62. The molecule has 0 saturated heterocycles. The van der Waals surface area contributed by atoms with Crippen LogP contribution in [-0.2, 0) is 0 Å². The maximum absolute atomic E-state index is 13.2. The molecule has 19 heavy (non-hydrogen) atoms. The number of nitrogens with zero attached hydrogens (tertiary/aromatic N) is 1. The van der Waals surface area contributed by atoms with E-state index in [9.17, 15) is 19.6 Å². The van der Waals surface area contributed by atoms with Gasteiger partial charge in [0, 0.05) is 12.1 Å². The van der Waals surface area contributed by atoms with Crippen molar-refractivity contribution in [3.63, 3.8) is 0 Å². The van der Waals surface area contributed by atoms with Gasteiger partial charge in [-0.1, -0.05) is 19.3 Å². The molecule has 0 bridgehead atoms. The monoisotopic (exact) mass is 268 g/mol.